The summed E-state index contributed by atoms with van der Waals surface area (Å²) in [4.78, 5) is 21.6. The molecule has 1 atom stereocenters. The van der Waals surface area contributed by atoms with Crippen LogP contribution in [-0.2, 0) is 14.3 Å². The Morgan fingerprint density at radius 1 is 0.727 bits per heavy atom. The van der Waals surface area contributed by atoms with Gasteiger partial charge in [0.1, 0.15) is 5.78 Å². The SMILES string of the molecule is CC(=O)CCCCCCCCCCCCCC(C)OC(C)=O. The second-order valence-electron chi connectivity index (χ2n) is 6.55. The molecule has 0 saturated carbocycles. The van der Waals surface area contributed by atoms with Crippen LogP contribution in [0.15, 0.2) is 0 Å². The van der Waals surface area contributed by atoms with Gasteiger partial charge in [-0.2, -0.15) is 0 Å². The Labute approximate surface area is 137 Å². The largest absolute Gasteiger partial charge is 0.463 e. The van der Waals surface area contributed by atoms with Crippen LogP contribution in [0, 0.1) is 0 Å². The number of ether oxygens (including phenoxy) is 1. The molecule has 0 fully saturated rings. The normalized spacial score (nSPS) is 12.1. The van der Waals surface area contributed by atoms with Crippen molar-refractivity contribution in [1.82, 2.24) is 0 Å². The van der Waals surface area contributed by atoms with Crippen LogP contribution < -0.4 is 0 Å². The number of unbranched alkanes of at least 4 members (excludes halogenated alkanes) is 10. The first-order valence-corrected chi connectivity index (χ1v) is 9.19. The molecule has 0 radical (unpaired) electrons. The van der Waals surface area contributed by atoms with Gasteiger partial charge in [0.2, 0.25) is 0 Å². The minimum atomic E-state index is -0.172. The molecule has 0 saturated heterocycles. The molecule has 0 aromatic rings. The zero-order chi connectivity index (χ0) is 16.6. The monoisotopic (exact) mass is 312 g/mol. The molecule has 3 nitrogen and oxygen atoms in total. The van der Waals surface area contributed by atoms with Gasteiger partial charge in [-0.05, 0) is 33.1 Å². The second-order valence-corrected chi connectivity index (χ2v) is 6.55. The molecule has 0 aliphatic heterocycles. The minimum absolute atomic E-state index is 0.0699. The highest BCUT2D eigenvalue weighted by atomic mass is 16.5. The summed E-state index contributed by atoms with van der Waals surface area (Å²) >= 11 is 0. The van der Waals surface area contributed by atoms with Gasteiger partial charge in [0.25, 0.3) is 0 Å². The lowest BCUT2D eigenvalue weighted by Gasteiger charge is -2.11. The van der Waals surface area contributed by atoms with Crippen molar-refractivity contribution in [2.24, 2.45) is 0 Å². The molecule has 1 unspecified atom stereocenters. The molecule has 0 aromatic heterocycles. The number of hydrogen-bond donors (Lipinski definition) is 0. The Morgan fingerprint density at radius 3 is 1.55 bits per heavy atom. The number of carbonyl (C=O) groups is 2. The van der Waals surface area contributed by atoms with Crippen LogP contribution in [-0.4, -0.2) is 17.9 Å². The molecule has 0 amide bonds. The van der Waals surface area contributed by atoms with Gasteiger partial charge >= 0.3 is 5.97 Å². The van der Waals surface area contributed by atoms with E-state index in [4.69, 9.17) is 4.74 Å². The Hall–Kier alpha value is -0.860. The van der Waals surface area contributed by atoms with Crippen molar-refractivity contribution in [2.45, 2.75) is 110 Å². The highest BCUT2D eigenvalue weighted by Crippen LogP contribution is 2.13. The van der Waals surface area contributed by atoms with Crippen molar-refractivity contribution in [3.05, 3.63) is 0 Å². The minimum Gasteiger partial charge on any atom is -0.463 e. The van der Waals surface area contributed by atoms with Gasteiger partial charge in [0.05, 0.1) is 6.10 Å². The lowest BCUT2D eigenvalue weighted by atomic mass is 10.0. The summed E-state index contributed by atoms with van der Waals surface area (Å²) in [6.45, 7) is 5.12. The summed E-state index contributed by atoms with van der Waals surface area (Å²) in [5, 5.41) is 0. The van der Waals surface area contributed by atoms with E-state index in [2.05, 4.69) is 0 Å². The van der Waals surface area contributed by atoms with Crippen LogP contribution >= 0.6 is 0 Å². The fourth-order valence-corrected chi connectivity index (χ4v) is 2.74. The summed E-state index contributed by atoms with van der Waals surface area (Å²) in [6, 6.07) is 0. The Kier molecular flexibility index (Phi) is 14.5. The predicted octanol–water partition coefficient (Wildman–Crippen LogP) is 5.60. The molecule has 3 heteroatoms. The third kappa shape index (κ3) is 17.2. The Morgan fingerprint density at radius 2 is 1.14 bits per heavy atom. The molecule has 0 spiro atoms. The van der Waals surface area contributed by atoms with Crippen molar-refractivity contribution in [2.75, 3.05) is 0 Å². The van der Waals surface area contributed by atoms with Crippen molar-refractivity contribution >= 4 is 11.8 Å². The van der Waals surface area contributed by atoms with E-state index in [1.54, 1.807) is 6.92 Å². The van der Waals surface area contributed by atoms with E-state index >= 15 is 0 Å². The standard InChI is InChI=1S/C19H36O3/c1-17(20)15-13-11-9-7-5-4-6-8-10-12-14-16-18(2)22-19(3)21/h18H,4-16H2,1-3H3. The van der Waals surface area contributed by atoms with E-state index in [1.807, 2.05) is 6.92 Å². The van der Waals surface area contributed by atoms with Crippen LogP contribution in [0.3, 0.4) is 0 Å². The molecule has 130 valence electrons. The number of Topliss-reactive ketones (excluding diaryl/α,β-unsaturated/α-hetero) is 1. The van der Waals surface area contributed by atoms with Crippen molar-refractivity contribution < 1.29 is 14.3 Å². The van der Waals surface area contributed by atoms with Crippen LogP contribution in [0.1, 0.15) is 104 Å². The maximum absolute atomic E-state index is 10.8. The molecule has 0 bridgehead atoms. The Balaban J connectivity index is 3.11. The van der Waals surface area contributed by atoms with Crippen molar-refractivity contribution in [1.29, 1.82) is 0 Å². The highest BCUT2D eigenvalue weighted by molar-refractivity contribution is 5.75. The van der Waals surface area contributed by atoms with Crippen LogP contribution in [0.5, 0.6) is 0 Å². The average molecular weight is 312 g/mol. The maximum Gasteiger partial charge on any atom is 0.302 e. The summed E-state index contributed by atoms with van der Waals surface area (Å²) in [5.41, 5.74) is 0. The molecule has 0 aliphatic carbocycles. The molecule has 0 aromatic carbocycles. The van der Waals surface area contributed by atoms with Crippen LogP contribution in [0.4, 0.5) is 0 Å². The summed E-state index contributed by atoms with van der Waals surface area (Å²) in [6.07, 6.45) is 15.7. The predicted molar refractivity (Wildman–Crippen MR) is 91.9 cm³/mol. The quantitative estimate of drug-likeness (QED) is 0.292. The van der Waals surface area contributed by atoms with Gasteiger partial charge in [-0.1, -0.05) is 57.8 Å². The van der Waals surface area contributed by atoms with Crippen LogP contribution in [0.25, 0.3) is 0 Å². The lowest BCUT2D eigenvalue weighted by Crippen LogP contribution is -2.11. The first-order valence-electron chi connectivity index (χ1n) is 9.19. The molecule has 0 aliphatic rings. The van der Waals surface area contributed by atoms with Gasteiger partial charge in [0.15, 0.2) is 0 Å². The zero-order valence-electron chi connectivity index (χ0n) is 15.0. The van der Waals surface area contributed by atoms with Gasteiger partial charge in [0, 0.05) is 13.3 Å². The summed E-state index contributed by atoms with van der Waals surface area (Å²) in [7, 11) is 0. The van der Waals surface area contributed by atoms with Gasteiger partial charge in [-0.25, -0.2) is 0 Å². The van der Waals surface area contributed by atoms with Crippen LogP contribution in [0.2, 0.25) is 0 Å². The lowest BCUT2D eigenvalue weighted by molar-refractivity contribution is -0.145. The van der Waals surface area contributed by atoms with Gasteiger partial charge in [-0.3, -0.25) is 4.79 Å². The van der Waals surface area contributed by atoms with E-state index in [-0.39, 0.29) is 12.1 Å². The van der Waals surface area contributed by atoms with E-state index in [1.165, 1.54) is 64.7 Å². The first kappa shape index (κ1) is 21.1. The molecule has 22 heavy (non-hydrogen) atoms. The Bertz CT molecular complexity index is 286. The highest BCUT2D eigenvalue weighted by Gasteiger charge is 2.04. The molecular formula is C19H36O3. The third-order valence-electron chi connectivity index (χ3n) is 4.01. The second kappa shape index (κ2) is 15.1. The summed E-state index contributed by atoms with van der Waals surface area (Å²) in [5.74, 6) is 0.149. The van der Waals surface area contributed by atoms with E-state index in [9.17, 15) is 9.59 Å². The van der Waals surface area contributed by atoms with E-state index in [0.717, 1.165) is 25.7 Å². The van der Waals surface area contributed by atoms with E-state index in [0.29, 0.717) is 5.78 Å². The van der Waals surface area contributed by atoms with Crippen molar-refractivity contribution in [3.8, 4) is 0 Å². The number of ketones is 1. The molecule has 0 heterocycles. The number of carbonyl (C=O) groups excluding carboxylic acids is 2. The van der Waals surface area contributed by atoms with E-state index < -0.39 is 0 Å². The molecule has 0 rings (SSSR count). The third-order valence-corrected chi connectivity index (χ3v) is 4.01. The topological polar surface area (TPSA) is 43.4 Å². The zero-order valence-corrected chi connectivity index (χ0v) is 15.0. The maximum atomic E-state index is 10.8. The number of esters is 1. The molecular weight excluding hydrogens is 276 g/mol. The average Bonchev–Trinajstić information content (AvgIpc) is 2.42. The molecule has 0 N–H and O–H groups in total. The van der Waals surface area contributed by atoms with Crippen molar-refractivity contribution in [3.63, 3.8) is 0 Å². The number of rotatable bonds is 15. The fraction of sp³-hybridized carbons (Fsp3) is 0.895. The smallest absolute Gasteiger partial charge is 0.302 e. The summed E-state index contributed by atoms with van der Waals surface area (Å²) < 4.78 is 5.11. The fourth-order valence-electron chi connectivity index (χ4n) is 2.74. The van der Waals surface area contributed by atoms with Gasteiger partial charge in [-0.15, -0.1) is 0 Å². The van der Waals surface area contributed by atoms with Gasteiger partial charge < -0.3 is 9.53 Å². The first-order chi connectivity index (χ1) is 10.5. The number of hydrogen-bond acceptors (Lipinski definition) is 3.